The van der Waals surface area contributed by atoms with Gasteiger partial charge in [0, 0.05) is 11.8 Å². The minimum Gasteiger partial charge on any atom is -0.493 e. The number of halogens is 2. The molecule has 0 radical (unpaired) electrons. The largest absolute Gasteiger partial charge is 0.493 e. The molecule has 0 saturated heterocycles. The van der Waals surface area contributed by atoms with Crippen LogP contribution in [0.15, 0.2) is 18.2 Å². The number of ether oxygens (including phenoxy) is 2. The molecule has 1 atom stereocenters. The average molecular weight is 302 g/mol. The number of methoxy groups -OCH3 is 1. The van der Waals surface area contributed by atoms with E-state index in [2.05, 4.69) is 10.1 Å². The molecule has 0 aliphatic rings. The number of alkyl halides is 2. The molecule has 1 amide bonds. The molecule has 0 spiro atoms. The summed E-state index contributed by atoms with van der Waals surface area (Å²) in [5.74, 6) is -0.394. The fourth-order valence-electron chi connectivity index (χ4n) is 1.85. The molecule has 21 heavy (non-hydrogen) atoms. The van der Waals surface area contributed by atoms with Gasteiger partial charge >= 0.3 is 6.61 Å². The third kappa shape index (κ3) is 4.86. The van der Waals surface area contributed by atoms with E-state index in [0.717, 1.165) is 6.42 Å². The molecule has 0 aliphatic carbocycles. The summed E-state index contributed by atoms with van der Waals surface area (Å²) >= 11 is 0. The molecule has 5 nitrogen and oxygen atoms in total. The van der Waals surface area contributed by atoms with Gasteiger partial charge in [0.25, 0.3) is 0 Å². The smallest absolute Gasteiger partial charge is 0.387 e. The highest BCUT2D eigenvalue weighted by atomic mass is 19.3. The van der Waals surface area contributed by atoms with Crippen molar-refractivity contribution in [2.45, 2.75) is 38.8 Å². The van der Waals surface area contributed by atoms with E-state index in [4.69, 9.17) is 10.5 Å². The van der Waals surface area contributed by atoms with E-state index in [1.54, 1.807) is 6.92 Å². The number of carbonyl (C=O) groups excluding carboxylic acids is 1. The van der Waals surface area contributed by atoms with E-state index in [0.29, 0.717) is 12.1 Å². The second kappa shape index (κ2) is 7.21. The Morgan fingerprint density at radius 3 is 2.62 bits per heavy atom. The van der Waals surface area contributed by atoms with Crippen molar-refractivity contribution in [2.24, 2.45) is 5.73 Å². The zero-order chi connectivity index (χ0) is 16.0. The summed E-state index contributed by atoms with van der Waals surface area (Å²) in [6.07, 6.45) is 1.26. The van der Waals surface area contributed by atoms with Crippen LogP contribution < -0.4 is 20.5 Å². The average Bonchev–Trinajstić information content (AvgIpc) is 2.38. The minimum absolute atomic E-state index is 0.150. The van der Waals surface area contributed by atoms with Crippen LogP contribution >= 0.6 is 0 Å². The van der Waals surface area contributed by atoms with Gasteiger partial charge in [-0.05, 0) is 25.5 Å². The van der Waals surface area contributed by atoms with Gasteiger partial charge in [0.1, 0.15) is 0 Å². The van der Waals surface area contributed by atoms with Crippen molar-refractivity contribution in [1.82, 2.24) is 0 Å². The monoisotopic (exact) mass is 302 g/mol. The van der Waals surface area contributed by atoms with E-state index < -0.39 is 18.1 Å². The molecule has 0 saturated carbocycles. The van der Waals surface area contributed by atoms with Crippen LogP contribution in [0.1, 0.15) is 26.7 Å². The van der Waals surface area contributed by atoms with Crippen LogP contribution in [0.4, 0.5) is 14.5 Å². The van der Waals surface area contributed by atoms with Crippen molar-refractivity contribution in [3.8, 4) is 11.5 Å². The second-order valence-corrected chi connectivity index (χ2v) is 4.87. The summed E-state index contributed by atoms with van der Waals surface area (Å²) in [5, 5.41) is 2.59. The predicted molar refractivity (Wildman–Crippen MR) is 75.8 cm³/mol. The van der Waals surface area contributed by atoms with Crippen LogP contribution in [-0.2, 0) is 4.79 Å². The lowest BCUT2D eigenvalue weighted by atomic mass is 9.96. The van der Waals surface area contributed by atoms with Gasteiger partial charge in [0.15, 0.2) is 11.5 Å². The van der Waals surface area contributed by atoms with Gasteiger partial charge < -0.3 is 20.5 Å². The van der Waals surface area contributed by atoms with Crippen LogP contribution in [0.3, 0.4) is 0 Å². The van der Waals surface area contributed by atoms with Crippen molar-refractivity contribution < 1.29 is 23.0 Å². The van der Waals surface area contributed by atoms with E-state index in [1.807, 2.05) is 6.92 Å². The Morgan fingerprint density at radius 1 is 1.43 bits per heavy atom. The van der Waals surface area contributed by atoms with Gasteiger partial charge in [-0.3, -0.25) is 4.79 Å². The topological polar surface area (TPSA) is 73.6 Å². The first-order chi connectivity index (χ1) is 9.80. The molecule has 0 heterocycles. The first kappa shape index (κ1) is 17.2. The molecule has 3 N–H and O–H groups in total. The molecule has 0 fully saturated rings. The summed E-state index contributed by atoms with van der Waals surface area (Å²) in [7, 11) is 1.34. The van der Waals surface area contributed by atoms with E-state index in [9.17, 15) is 13.6 Å². The first-order valence-electron chi connectivity index (χ1n) is 6.53. The molecule has 1 aromatic carbocycles. The highest BCUT2D eigenvalue weighted by Gasteiger charge is 2.27. The number of carbonyl (C=O) groups is 1. The Balaban J connectivity index is 2.91. The molecule has 0 aromatic heterocycles. The van der Waals surface area contributed by atoms with Crippen molar-refractivity contribution >= 4 is 11.6 Å². The van der Waals surface area contributed by atoms with E-state index >= 15 is 0 Å². The number of amides is 1. The molecule has 7 heteroatoms. The molecule has 118 valence electrons. The van der Waals surface area contributed by atoms with Crippen molar-refractivity contribution in [3.63, 3.8) is 0 Å². The number of nitrogens with two attached hydrogens (primary N) is 1. The maximum absolute atomic E-state index is 12.3. The third-order valence-corrected chi connectivity index (χ3v) is 2.93. The highest BCUT2D eigenvalue weighted by molar-refractivity contribution is 5.97. The highest BCUT2D eigenvalue weighted by Crippen LogP contribution is 2.31. The summed E-state index contributed by atoms with van der Waals surface area (Å²) in [4.78, 5) is 12.1. The van der Waals surface area contributed by atoms with Gasteiger partial charge in [-0.25, -0.2) is 0 Å². The van der Waals surface area contributed by atoms with Crippen molar-refractivity contribution in [1.29, 1.82) is 0 Å². The predicted octanol–water partition coefficient (Wildman–Crippen LogP) is 2.75. The quantitative estimate of drug-likeness (QED) is 0.812. The van der Waals surface area contributed by atoms with E-state index in [1.165, 1.54) is 25.3 Å². The molecular formula is C14H20F2N2O3. The Kier molecular flexibility index (Phi) is 5.90. The van der Waals surface area contributed by atoms with Crippen LogP contribution in [-0.4, -0.2) is 25.2 Å². The third-order valence-electron chi connectivity index (χ3n) is 2.93. The number of rotatable bonds is 7. The molecule has 1 unspecified atom stereocenters. The lowest BCUT2D eigenvalue weighted by Gasteiger charge is -2.23. The van der Waals surface area contributed by atoms with Gasteiger partial charge in [-0.1, -0.05) is 13.3 Å². The van der Waals surface area contributed by atoms with Gasteiger partial charge in [0.2, 0.25) is 5.91 Å². The number of hydrogen-bond acceptors (Lipinski definition) is 4. The van der Waals surface area contributed by atoms with Crippen LogP contribution in [0.25, 0.3) is 0 Å². The SMILES string of the molecule is CCCC(C)(N)C(=O)Nc1ccc(OC)c(OC(F)F)c1. The van der Waals surface area contributed by atoms with Crippen LogP contribution in [0, 0.1) is 0 Å². The fraction of sp³-hybridized carbons (Fsp3) is 0.500. The zero-order valence-corrected chi connectivity index (χ0v) is 12.3. The summed E-state index contributed by atoms with van der Waals surface area (Å²) < 4.78 is 33.9. The molecule has 1 rings (SSSR count). The maximum atomic E-state index is 12.3. The standard InChI is InChI=1S/C14H20F2N2O3/c1-4-7-14(2,17)12(19)18-9-5-6-10(20-3)11(8-9)21-13(15)16/h5-6,8,13H,4,7,17H2,1-3H3,(H,18,19). The number of benzene rings is 1. The number of anilines is 1. The lowest BCUT2D eigenvalue weighted by molar-refractivity contribution is -0.120. The molecular weight excluding hydrogens is 282 g/mol. The van der Waals surface area contributed by atoms with Gasteiger partial charge in [-0.2, -0.15) is 8.78 Å². The normalized spacial score (nSPS) is 13.7. The van der Waals surface area contributed by atoms with Crippen LogP contribution in [0.2, 0.25) is 0 Å². The van der Waals surface area contributed by atoms with Gasteiger partial charge in [0.05, 0.1) is 12.6 Å². The fourth-order valence-corrected chi connectivity index (χ4v) is 1.85. The molecule has 1 aromatic rings. The van der Waals surface area contributed by atoms with Crippen LogP contribution in [0.5, 0.6) is 11.5 Å². The van der Waals surface area contributed by atoms with Crippen molar-refractivity contribution in [3.05, 3.63) is 18.2 Å². The Hall–Kier alpha value is -1.89. The Morgan fingerprint density at radius 2 is 2.10 bits per heavy atom. The Bertz CT molecular complexity index is 493. The summed E-state index contributed by atoms with van der Waals surface area (Å²) in [5.41, 5.74) is 5.19. The minimum atomic E-state index is -2.98. The Labute approximate surface area is 122 Å². The van der Waals surface area contributed by atoms with E-state index in [-0.39, 0.29) is 11.5 Å². The maximum Gasteiger partial charge on any atom is 0.387 e. The van der Waals surface area contributed by atoms with Gasteiger partial charge in [-0.15, -0.1) is 0 Å². The lowest BCUT2D eigenvalue weighted by Crippen LogP contribution is -2.48. The first-order valence-corrected chi connectivity index (χ1v) is 6.53. The van der Waals surface area contributed by atoms with Crippen molar-refractivity contribution in [2.75, 3.05) is 12.4 Å². The molecule has 0 bridgehead atoms. The number of nitrogens with one attached hydrogen (secondary N) is 1. The number of hydrogen-bond donors (Lipinski definition) is 2. The molecule has 0 aliphatic heterocycles. The summed E-state index contributed by atoms with van der Waals surface area (Å²) in [6, 6.07) is 4.23. The second-order valence-electron chi connectivity index (χ2n) is 4.87. The summed E-state index contributed by atoms with van der Waals surface area (Å²) in [6.45, 7) is 0.552. The zero-order valence-electron chi connectivity index (χ0n) is 12.3.